The van der Waals surface area contributed by atoms with Gasteiger partial charge in [0.2, 0.25) is 0 Å². The van der Waals surface area contributed by atoms with Gasteiger partial charge in [0.1, 0.15) is 0 Å². The second kappa shape index (κ2) is 8.92. The van der Waals surface area contributed by atoms with Gasteiger partial charge in [-0.1, -0.05) is 20.8 Å². The lowest BCUT2D eigenvalue weighted by Crippen LogP contribution is -2.32. The van der Waals surface area contributed by atoms with Crippen LogP contribution in [0.25, 0.3) is 0 Å². The fourth-order valence-corrected chi connectivity index (χ4v) is 0.598. The third-order valence-electron chi connectivity index (χ3n) is 1.12. The van der Waals surface area contributed by atoms with E-state index in [1.165, 1.54) is 0 Å². The van der Waals surface area contributed by atoms with Crippen LogP contribution in [0, 0.1) is 0 Å². The molecule has 1 unspecified atom stereocenters. The van der Waals surface area contributed by atoms with Gasteiger partial charge in [0.05, 0.1) is 0 Å². The average Bonchev–Trinajstić information content (AvgIpc) is 1.91. The molecular weight excluding hydrogens is 124 g/mol. The van der Waals surface area contributed by atoms with Crippen molar-refractivity contribution in [1.29, 1.82) is 0 Å². The van der Waals surface area contributed by atoms with Crippen molar-refractivity contribution in [1.82, 2.24) is 4.90 Å². The van der Waals surface area contributed by atoms with E-state index >= 15 is 0 Å². The highest BCUT2D eigenvalue weighted by molar-refractivity contribution is 4.59. The van der Waals surface area contributed by atoms with Gasteiger partial charge in [-0.2, -0.15) is 0 Å². The molecule has 0 spiro atoms. The van der Waals surface area contributed by atoms with Crippen molar-refractivity contribution in [2.45, 2.75) is 33.2 Å². The van der Waals surface area contributed by atoms with Gasteiger partial charge < -0.3 is 10.6 Å². The van der Waals surface area contributed by atoms with E-state index in [0.29, 0.717) is 6.04 Å². The summed E-state index contributed by atoms with van der Waals surface area (Å²) in [5, 5.41) is 0. The van der Waals surface area contributed by atoms with Gasteiger partial charge in [-0.25, -0.2) is 0 Å². The molecule has 0 bridgehead atoms. The van der Waals surface area contributed by atoms with Gasteiger partial charge in [0.15, 0.2) is 0 Å². The summed E-state index contributed by atoms with van der Waals surface area (Å²) in [6.45, 7) is 7.10. The fourth-order valence-electron chi connectivity index (χ4n) is 0.598. The van der Waals surface area contributed by atoms with Gasteiger partial charge in [0.25, 0.3) is 0 Å². The summed E-state index contributed by atoms with van der Waals surface area (Å²) >= 11 is 0. The molecule has 2 nitrogen and oxygen atoms in total. The Morgan fingerprint density at radius 3 is 1.80 bits per heavy atom. The molecule has 10 heavy (non-hydrogen) atoms. The molecule has 1 atom stereocenters. The van der Waals surface area contributed by atoms with E-state index in [-0.39, 0.29) is 0 Å². The highest BCUT2D eigenvalue weighted by Gasteiger charge is 1.97. The number of likely N-dealkylation sites (N-methyl/N-ethyl adjacent to an activating group) is 1. The molecule has 0 saturated heterocycles. The Morgan fingerprint density at radius 1 is 1.30 bits per heavy atom. The second-order valence-electron chi connectivity index (χ2n) is 2.43. The van der Waals surface area contributed by atoms with Gasteiger partial charge >= 0.3 is 0 Å². The molecule has 0 amide bonds. The summed E-state index contributed by atoms with van der Waals surface area (Å²) in [5.74, 6) is 0. The van der Waals surface area contributed by atoms with E-state index in [1.54, 1.807) is 0 Å². The van der Waals surface area contributed by atoms with E-state index in [4.69, 9.17) is 5.73 Å². The minimum Gasteiger partial charge on any atom is -0.327 e. The van der Waals surface area contributed by atoms with Crippen molar-refractivity contribution in [2.24, 2.45) is 5.73 Å². The van der Waals surface area contributed by atoms with Crippen molar-refractivity contribution in [2.75, 3.05) is 20.6 Å². The van der Waals surface area contributed by atoms with Crippen LogP contribution in [0.1, 0.15) is 27.2 Å². The lowest BCUT2D eigenvalue weighted by Gasteiger charge is -2.13. The zero-order valence-corrected chi connectivity index (χ0v) is 8.02. The maximum atomic E-state index is 5.63. The molecule has 0 aromatic carbocycles. The summed E-state index contributed by atoms with van der Waals surface area (Å²) < 4.78 is 0. The standard InChI is InChI=1S/C6H16N2.C2H6/c1-4-6(7)5-8(2)3;1-2/h6H,4-5,7H2,1-3H3;1-2H3. The molecule has 0 saturated carbocycles. The van der Waals surface area contributed by atoms with Crippen molar-refractivity contribution < 1.29 is 0 Å². The van der Waals surface area contributed by atoms with Crippen LogP contribution in [0.5, 0.6) is 0 Å². The molecule has 0 aliphatic carbocycles. The molecule has 0 heterocycles. The lowest BCUT2D eigenvalue weighted by atomic mass is 10.2. The van der Waals surface area contributed by atoms with Crippen LogP contribution in [0.3, 0.4) is 0 Å². The van der Waals surface area contributed by atoms with Gasteiger partial charge in [0, 0.05) is 12.6 Å². The Hall–Kier alpha value is -0.0800. The van der Waals surface area contributed by atoms with Gasteiger partial charge in [-0.15, -0.1) is 0 Å². The smallest absolute Gasteiger partial charge is 0.0164 e. The maximum absolute atomic E-state index is 5.63. The largest absolute Gasteiger partial charge is 0.327 e. The lowest BCUT2D eigenvalue weighted by molar-refractivity contribution is 0.368. The maximum Gasteiger partial charge on any atom is 0.0164 e. The van der Waals surface area contributed by atoms with E-state index < -0.39 is 0 Å². The zero-order valence-electron chi connectivity index (χ0n) is 8.02. The first-order chi connectivity index (χ1) is 4.66. The average molecular weight is 146 g/mol. The summed E-state index contributed by atoms with van der Waals surface area (Å²) in [4.78, 5) is 2.11. The van der Waals surface area contributed by atoms with Crippen LogP contribution in [0.15, 0.2) is 0 Å². The monoisotopic (exact) mass is 146 g/mol. The molecule has 0 aliphatic heterocycles. The van der Waals surface area contributed by atoms with Crippen molar-refractivity contribution in [3.05, 3.63) is 0 Å². The molecule has 0 fully saturated rings. The normalized spacial score (nSPS) is 12.3. The minimum atomic E-state index is 0.352. The summed E-state index contributed by atoms with van der Waals surface area (Å²) in [6, 6.07) is 0.352. The third kappa shape index (κ3) is 10.8. The van der Waals surface area contributed by atoms with E-state index in [1.807, 2.05) is 27.9 Å². The number of hydrogen-bond acceptors (Lipinski definition) is 2. The van der Waals surface area contributed by atoms with E-state index in [2.05, 4.69) is 11.8 Å². The van der Waals surface area contributed by atoms with E-state index in [0.717, 1.165) is 13.0 Å². The SMILES string of the molecule is CC.CCC(N)CN(C)C. The van der Waals surface area contributed by atoms with Gasteiger partial charge in [-0.05, 0) is 20.5 Å². The zero-order chi connectivity index (χ0) is 8.57. The molecule has 64 valence electrons. The predicted molar refractivity (Wildman–Crippen MR) is 48.2 cm³/mol. The van der Waals surface area contributed by atoms with Crippen molar-refractivity contribution >= 4 is 0 Å². The first kappa shape index (κ1) is 12.6. The van der Waals surface area contributed by atoms with Crippen LogP contribution >= 0.6 is 0 Å². The van der Waals surface area contributed by atoms with Crippen LogP contribution < -0.4 is 5.73 Å². The highest BCUT2D eigenvalue weighted by atomic mass is 15.1. The summed E-state index contributed by atoms with van der Waals surface area (Å²) in [6.07, 6.45) is 1.07. The van der Waals surface area contributed by atoms with Gasteiger partial charge in [-0.3, -0.25) is 0 Å². The number of nitrogens with zero attached hydrogens (tertiary/aromatic N) is 1. The molecule has 0 aromatic heterocycles. The molecule has 2 N–H and O–H groups in total. The Morgan fingerprint density at radius 2 is 1.70 bits per heavy atom. The number of rotatable bonds is 3. The molecule has 0 radical (unpaired) electrons. The number of nitrogens with two attached hydrogens (primary N) is 1. The Labute approximate surface area is 65.4 Å². The van der Waals surface area contributed by atoms with Crippen molar-refractivity contribution in [3.63, 3.8) is 0 Å². The highest BCUT2D eigenvalue weighted by Crippen LogP contribution is 1.86. The Balaban J connectivity index is 0. The quantitative estimate of drug-likeness (QED) is 0.650. The molecule has 0 aromatic rings. The fraction of sp³-hybridized carbons (Fsp3) is 1.00. The molecule has 2 heteroatoms. The molecule has 0 rings (SSSR count). The van der Waals surface area contributed by atoms with Crippen molar-refractivity contribution in [3.8, 4) is 0 Å². The first-order valence-electron chi connectivity index (χ1n) is 4.07. The van der Waals surface area contributed by atoms with E-state index in [9.17, 15) is 0 Å². The van der Waals surface area contributed by atoms with Crippen LogP contribution in [0.2, 0.25) is 0 Å². The predicted octanol–water partition coefficient (Wildman–Crippen LogP) is 1.31. The Kier molecular flexibility index (Phi) is 11.2. The summed E-state index contributed by atoms with van der Waals surface area (Å²) in [5.41, 5.74) is 5.63. The van der Waals surface area contributed by atoms with Crippen LogP contribution in [-0.2, 0) is 0 Å². The van der Waals surface area contributed by atoms with Crippen LogP contribution in [-0.4, -0.2) is 31.6 Å². The Bertz CT molecular complexity index is 53.2. The minimum absolute atomic E-state index is 0.352. The molecular formula is C8H22N2. The molecule has 0 aliphatic rings. The first-order valence-corrected chi connectivity index (χ1v) is 4.07. The number of hydrogen-bond donors (Lipinski definition) is 1. The van der Waals surface area contributed by atoms with Crippen LogP contribution in [0.4, 0.5) is 0 Å². The third-order valence-corrected chi connectivity index (χ3v) is 1.12. The topological polar surface area (TPSA) is 29.3 Å². The summed E-state index contributed by atoms with van der Waals surface area (Å²) in [7, 11) is 4.07. The second-order valence-corrected chi connectivity index (χ2v) is 2.43.